The zero-order chi connectivity index (χ0) is 16.7. The zero-order valence-electron chi connectivity index (χ0n) is 14.3. The van der Waals surface area contributed by atoms with Crippen LogP contribution in [0.25, 0.3) is 0 Å². The van der Waals surface area contributed by atoms with Gasteiger partial charge in [-0.15, -0.1) is 0 Å². The highest BCUT2D eigenvalue weighted by molar-refractivity contribution is 5.92. The highest BCUT2D eigenvalue weighted by Crippen LogP contribution is 2.34. The summed E-state index contributed by atoms with van der Waals surface area (Å²) >= 11 is 0. The van der Waals surface area contributed by atoms with Crippen LogP contribution in [0.1, 0.15) is 84.0 Å². The fraction of sp³-hybridized carbons (Fsp3) is 0.611. The number of hydrogen-bond donors (Lipinski definition) is 1. The van der Waals surface area contributed by atoms with Crippen LogP contribution in [-0.2, 0) is 6.42 Å². The molecule has 6 nitrogen and oxygen atoms in total. The van der Waals surface area contributed by atoms with E-state index >= 15 is 0 Å². The van der Waals surface area contributed by atoms with E-state index in [4.69, 9.17) is 9.52 Å². The van der Waals surface area contributed by atoms with Gasteiger partial charge in [-0.3, -0.25) is 9.48 Å². The Labute approximate surface area is 141 Å². The van der Waals surface area contributed by atoms with E-state index in [1.165, 1.54) is 31.2 Å². The maximum Gasteiger partial charge on any atom is 0.289 e. The lowest BCUT2D eigenvalue weighted by Gasteiger charge is -2.21. The summed E-state index contributed by atoms with van der Waals surface area (Å²) in [4.78, 5) is 16.7. The third kappa shape index (κ3) is 2.74. The molecule has 2 aliphatic rings. The van der Waals surface area contributed by atoms with E-state index in [-0.39, 0.29) is 11.9 Å². The van der Waals surface area contributed by atoms with E-state index in [2.05, 4.69) is 21.2 Å². The van der Waals surface area contributed by atoms with Gasteiger partial charge < -0.3 is 9.73 Å². The SMILES string of the molecule is Cc1nc(C)c(C(=O)N[C@@H]2CCCc3cn(C4CCCC4)nc32)o1. The van der Waals surface area contributed by atoms with E-state index < -0.39 is 0 Å². The number of aryl methyl sites for hydroxylation is 3. The second kappa shape index (κ2) is 6.07. The summed E-state index contributed by atoms with van der Waals surface area (Å²) in [6.07, 6.45) is 10.3. The van der Waals surface area contributed by atoms with Gasteiger partial charge in [0.2, 0.25) is 5.76 Å². The molecule has 0 aliphatic heterocycles. The van der Waals surface area contributed by atoms with Gasteiger partial charge in [0.15, 0.2) is 5.89 Å². The summed E-state index contributed by atoms with van der Waals surface area (Å²) in [6.45, 7) is 3.55. The molecule has 1 fully saturated rings. The van der Waals surface area contributed by atoms with E-state index in [1.54, 1.807) is 13.8 Å². The van der Waals surface area contributed by atoms with Crippen molar-refractivity contribution in [3.63, 3.8) is 0 Å². The molecule has 0 spiro atoms. The highest BCUT2D eigenvalue weighted by atomic mass is 16.4. The molecule has 6 heteroatoms. The largest absolute Gasteiger partial charge is 0.436 e. The Morgan fingerprint density at radius 2 is 2.04 bits per heavy atom. The van der Waals surface area contributed by atoms with Crippen molar-refractivity contribution in [3.05, 3.63) is 34.8 Å². The number of amides is 1. The fourth-order valence-corrected chi connectivity index (χ4v) is 4.02. The van der Waals surface area contributed by atoms with Crippen molar-refractivity contribution in [1.82, 2.24) is 20.1 Å². The minimum Gasteiger partial charge on any atom is -0.436 e. The summed E-state index contributed by atoms with van der Waals surface area (Å²) in [7, 11) is 0. The minimum atomic E-state index is -0.193. The predicted octanol–water partition coefficient (Wildman–Crippen LogP) is 3.41. The molecular formula is C18H24N4O2. The molecule has 0 aromatic carbocycles. The Balaban J connectivity index is 1.55. The second-order valence-corrected chi connectivity index (χ2v) is 7.02. The number of nitrogens with zero attached hydrogens (tertiary/aromatic N) is 3. The van der Waals surface area contributed by atoms with Gasteiger partial charge in [0, 0.05) is 13.1 Å². The zero-order valence-corrected chi connectivity index (χ0v) is 14.3. The molecule has 2 aromatic rings. The van der Waals surface area contributed by atoms with Gasteiger partial charge in [0.05, 0.1) is 23.5 Å². The first-order chi connectivity index (χ1) is 11.6. The van der Waals surface area contributed by atoms with Crippen molar-refractivity contribution in [2.45, 2.75) is 70.9 Å². The topological polar surface area (TPSA) is 73.0 Å². The average molecular weight is 328 g/mol. The van der Waals surface area contributed by atoms with Crippen molar-refractivity contribution in [2.24, 2.45) is 0 Å². The molecule has 1 N–H and O–H groups in total. The molecule has 0 bridgehead atoms. The van der Waals surface area contributed by atoms with Crippen LogP contribution in [0.3, 0.4) is 0 Å². The van der Waals surface area contributed by atoms with Crippen molar-refractivity contribution in [3.8, 4) is 0 Å². The summed E-state index contributed by atoms with van der Waals surface area (Å²) in [5.41, 5.74) is 2.96. The number of hydrogen-bond acceptors (Lipinski definition) is 4. The number of nitrogens with one attached hydrogen (secondary N) is 1. The quantitative estimate of drug-likeness (QED) is 0.937. The molecule has 1 saturated carbocycles. The lowest BCUT2D eigenvalue weighted by atomic mass is 9.93. The van der Waals surface area contributed by atoms with Gasteiger partial charge in [-0.2, -0.15) is 5.10 Å². The molecule has 128 valence electrons. The highest BCUT2D eigenvalue weighted by Gasteiger charge is 2.29. The van der Waals surface area contributed by atoms with E-state index in [9.17, 15) is 4.79 Å². The van der Waals surface area contributed by atoms with Gasteiger partial charge >= 0.3 is 0 Å². The molecular weight excluding hydrogens is 304 g/mol. The molecule has 4 rings (SSSR count). The maximum absolute atomic E-state index is 12.5. The lowest BCUT2D eigenvalue weighted by molar-refractivity contribution is 0.0901. The van der Waals surface area contributed by atoms with Crippen LogP contribution in [-0.4, -0.2) is 20.7 Å². The Kier molecular flexibility index (Phi) is 3.90. The summed E-state index contributed by atoms with van der Waals surface area (Å²) < 4.78 is 7.59. The average Bonchev–Trinajstić information content (AvgIpc) is 3.26. The molecule has 1 amide bonds. The van der Waals surface area contributed by atoms with Crippen LogP contribution in [0, 0.1) is 13.8 Å². The number of rotatable bonds is 3. The van der Waals surface area contributed by atoms with Gasteiger partial charge in [0.1, 0.15) is 0 Å². The first-order valence-electron chi connectivity index (χ1n) is 8.94. The van der Waals surface area contributed by atoms with Crippen LogP contribution in [0.4, 0.5) is 0 Å². The van der Waals surface area contributed by atoms with Gasteiger partial charge in [-0.05, 0) is 44.6 Å². The molecule has 24 heavy (non-hydrogen) atoms. The molecule has 2 heterocycles. The van der Waals surface area contributed by atoms with Crippen molar-refractivity contribution in [2.75, 3.05) is 0 Å². The van der Waals surface area contributed by atoms with Crippen molar-refractivity contribution in [1.29, 1.82) is 0 Å². The van der Waals surface area contributed by atoms with Crippen LogP contribution in [0.2, 0.25) is 0 Å². The molecule has 2 aliphatic carbocycles. The molecule has 0 radical (unpaired) electrons. The number of carbonyl (C=O) groups excluding carboxylic acids is 1. The summed E-state index contributed by atoms with van der Waals surface area (Å²) in [5, 5.41) is 7.95. The predicted molar refractivity (Wildman–Crippen MR) is 88.9 cm³/mol. The van der Waals surface area contributed by atoms with Crippen molar-refractivity contribution < 1.29 is 9.21 Å². The molecule has 0 unspecified atom stereocenters. The standard InChI is InChI=1S/C18H24N4O2/c1-11-17(24-12(2)19-11)18(23)20-15-9-5-6-13-10-22(21-16(13)15)14-7-3-4-8-14/h10,14-15H,3-9H2,1-2H3,(H,20,23)/t15-/m1/s1. The fourth-order valence-electron chi connectivity index (χ4n) is 4.02. The van der Waals surface area contributed by atoms with Gasteiger partial charge in [0.25, 0.3) is 5.91 Å². The number of aromatic nitrogens is 3. The smallest absolute Gasteiger partial charge is 0.289 e. The minimum absolute atomic E-state index is 0.0336. The summed E-state index contributed by atoms with van der Waals surface area (Å²) in [5.74, 6) is 0.642. The second-order valence-electron chi connectivity index (χ2n) is 7.02. The number of carbonyl (C=O) groups is 1. The van der Waals surface area contributed by atoms with E-state index in [0.717, 1.165) is 25.0 Å². The molecule has 0 saturated heterocycles. The van der Waals surface area contributed by atoms with E-state index in [1.807, 2.05) is 0 Å². The van der Waals surface area contributed by atoms with Gasteiger partial charge in [-0.25, -0.2) is 4.98 Å². The Hall–Kier alpha value is -2.11. The Morgan fingerprint density at radius 1 is 1.25 bits per heavy atom. The van der Waals surface area contributed by atoms with Crippen LogP contribution < -0.4 is 5.32 Å². The monoisotopic (exact) mass is 328 g/mol. The normalized spacial score (nSPS) is 21.0. The maximum atomic E-state index is 12.5. The molecule has 2 aromatic heterocycles. The van der Waals surface area contributed by atoms with E-state index in [0.29, 0.717) is 23.4 Å². The van der Waals surface area contributed by atoms with Crippen LogP contribution in [0.15, 0.2) is 10.6 Å². The first-order valence-corrected chi connectivity index (χ1v) is 8.94. The molecule has 1 atom stereocenters. The van der Waals surface area contributed by atoms with Crippen LogP contribution in [0.5, 0.6) is 0 Å². The third-order valence-electron chi connectivity index (χ3n) is 5.22. The van der Waals surface area contributed by atoms with Crippen LogP contribution >= 0.6 is 0 Å². The Morgan fingerprint density at radius 3 is 2.75 bits per heavy atom. The summed E-state index contributed by atoms with van der Waals surface area (Å²) in [6, 6.07) is 0.500. The number of oxazole rings is 1. The van der Waals surface area contributed by atoms with Gasteiger partial charge in [-0.1, -0.05) is 12.8 Å². The first kappa shape index (κ1) is 15.4. The number of fused-ring (bicyclic) bond motifs is 1. The lowest BCUT2D eigenvalue weighted by Crippen LogP contribution is -2.31. The Bertz CT molecular complexity index is 755. The third-order valence-corrected chi connectivity index (χ3v) is 5.22. The van der Waals surface area contributed by atoms with Crippen molar-refractivity contribution >= 4 is 5.91 Å².